The van der Waals surface area contributed by atoms with Crippen LogP contribution in [0.25, 0.3) is 10.9 Å². The van der Waals surface area contributed by atoms with E-state index in [0.29, 0.717) is 12.3 Å². The first kappa shape index (κ1) is 18.5. The number of nitrogens with one attached hydrogen (secondary N) is 2. The molecule has 2 N–H and O–H groups in total. The van der Waals surface area contributed by atoms with Crippen LogP contribution in [0.1, 0.15) is 31.7 Å². The molecule has 26 heavy (non-hydrogen) atoms. The molecule has 3 rings (SSSR count). The van der Waals surface area contributed by atoms with Gasteiger partial charge >= 0.3 is 0 Å². The summed E-state index contributed by atoms with van der Waals surface area (Å²) in [5.41, 5.74) is 2.36. The second kappa shape index (κ2) is 9.43. The number of carbonyl (C=O) groups is 1. The van der Waals surface area contributed by atoms with Crippen molar-refractivity contribution in [3.05, 3.63) is 42.4 Å². The molecule has 0 atom stereocenters. The Morgan fingerprint density at radius 2 is 2.19 bits per heavy atom. The first-order valence-electron chi connectivity index (χ1n) is 9.10. The van der Waals surface area contributed by atoms with Crippen LogP contribution in [0.5, 0.6) is 0 Å². The lowest BCUT2D eigenvalue weighted by atomic mass is 10.1. The Bertz CT molecular complexity index is 841. The van der Waals surface area contributed by atoms with Gasteiger partial charge in [-0.3, -0.25) is 4.79 Å². The van der Waals surface area contributed by atoms with Gasteiger partial charge in [0.05, 0.1) is 5.75 Å². The Hall–Kier alpha value is -2.28. The standard InChI is InChI=1S/C19H25N5OS/c1-2-3-6-11-24-14-22-23-19(24)26-13-18(25)20-10-9-15-12-21-17-8-5-4-7-16(15)17/h4-5,7-8,12,14,21H,2-3,6,9-11,13H2,1H3,(H,20,25). The van der Waals surface area contributed by atoms with Gasteiger partial charge in [-0.2, -0.15) is 0 Å². The molecule has 1 aromatic carbocycles. The average molecular weight is 372 g/mol. The number of hydrogen-bond acceptors (Lipinski definition) is 4. The molecule has 0 aliphatic rings. The average Bonchev–Trinajstić information content (AvgIpc) is 3.27. The molecule has 2 heterocycles. The summed E-state index contributed by atoms with van der Waals surface area (Å²) in [5.74, 6) is 0.387. The van der Waals surface area contributed by atoms with E-state index in [4.69, 9.17) is 0 Å². The van der Waals surface area contributed by atoms with Crippen molar-refractivity contribution in [1.82, 2.24) is 25.1 Å². The molecule has 138 valence electrons. The summed E-state index contributed by atoms with van der Waals surface area (Å²) in [7, 11) is 0. The molecule has 1 amide bonds. The zero-order chi connectivity index (χ0) is 18.2. The Morgan fingerprint density at radius 1 is 1.31 bits per heavy atom. The fraction of sp³-hybridized carbons (Fsp3) is 0.421. The Morgan fingerprint density at radius 3 is 3.08 bits per heavy atom. The van der Waals surface area contributed by atoms with Crippen molar-refractivity contribution in [1.29, 1.82) is 0 Å². The molecular weight excluding hydrogens is 346 g/mol. The fourth-order valence-corrected chi connectivity index (χ4v) is 3.67. The van der Waals surface area contributed by atoms with E-state index >= 15 is 0 Å². The third-order valence-electron chi connectivity index (χ3n) is 4.31. The van der Waals surface area contributed by atoms with Gasteiger partial charge in [-0.25, -0.2) is 0 Å². The first-order chi connectivity index (χ1) is 12.8. The van der Waals surface area contributed by atoms with E-state index in [2.05, 4.69) is 39.6 Å². The Labute approximate surface area is 157 Å². The molecule has 0 saturated heterocycles. The maximum absolute atomic E-state index is 12.1. The van der Waals surface area contributed by atoms with E-state index in [1.54, 1.807) is 6.33 Å². The predicted octanol–water partition coefficient (Wildman–Crippen LogP) is 3.40. The third kappa shape index (κ3) is 4.88. The van der Waals surface area contributed by atoms with Crippen LogP contribution in [0.4, 0.5) is 0 Å². The number of fused-ring (bicyclic) bond motifs is 1. The lowest BCUT2D eigenvalue weighted by Gasteiger charge is -2.06. The molecule has 2 aromatic heterocycles. The number of carbonyl (C=O) groups excluding carboxylic acids is 1. The Balaban J connectivity index is 1.41. The second-order valence-corrected chi connectivity index (χ2v) is 7.20. The number of benzene rings is 1. The minimum absolute atomic E-state index is 0.0259. The predicted molar refractivity (Wildman–Crippen MR) is 105 cm³/mol. The van der Waals surface area contributed by atoms with Crippen LogP contribution in [0.3, 0.4) is 0 Å². The van der Waals surface area contributed by atoms with E-state index < -0.39 is 0 Å². The summed E-state index contributed by atoms with van der Waals surface area (Å²) >= 11 is 1.44. The molecule has 6 nitrogen and oxygen atoms in total. The normalized spacial score (nSPS) is 11.1. The summed E-state index contributed by atoms with van der Waals surface area (Å²) in [5, 5.41) is 13.1. The number of aromatic amines is 1. The van der Waals surface area contributed by atoms with E-state index in [1.165, 1.54) is 35.6 Å². The van der Waals surface area contributed by atoms with Gasteiger partial charge in [-0.1, -0.05) is 49.7 Å². The van der Waals surface area contributed by atoms with Gasteiger partial charge in [0.15, 0.2) is 5.16 Å². The molecular formula is C19H25N5OS. The zero-order valence-corrected chi connectivity index (χ0v) is 15.9. The number of nitrogens with zero attached hydrogens (tertiary/aromatic N) is 3. The van der Waals surface area contributed by atoms with Crippen molar-refractivity contribution in [3.63, 3.8) is 0 Å². The molecule has 0 fully saturated rings. The number of rotatable bonds is 10. The van der Waals surface area contributed by atoms with Crippen LogP contribution in [-0.4, -0.2) is 38.0 Å². The van der Waals surface area contributed by atoms with Crippen molar-refractivity contribution in [2.75, 3.05) is 12.3 Å². The van der Waals surface area contributed by atoms with Crippen molar-refractivity contribution < 1.29 is 4.79 Å². The Kier molecular flexibility index (Phi) is 6.71. The maximum Gasteiger partial charge on any atom is 0.230 e. The van der Waals surface area contributed by atoms with Gasteiger partial charge in [0.1, 0.15) is 6.33 Å². The fourth-order valence-electron chi connectivity index (χ4n) is 2.90. The van der Waals surface area contributed by atoms with Gasteiger partial charge in [-0.05, 0) is 24.5 Å². The van der Waals surface area contributed by atoms with Gasteiger partial charge in [0.2, 0.25) is 5.91 Å². The number of H-pyrrole nitrogens is 1. The van der Waals surface area contributed by atoms with Crippen molar-refractivity contribution in [3.8, 4) is 0 Å². The van der Waals surface area contributed by atoms with Crippen LogP contribution in [0.15, 0.2) is 41.9 Å². The van der Waals surface area contributed by atoms with Crippen LogP contribution >= 0.6 is 11.8 Å². The number of aromatic nitrogens is 4. The molecule has 0 aliphatic carbocycles. The topological polar surface area (TPSA) is 75.6 Å². The van der Waals surface area contributed by atoms with E-state index in [-0.39, 0.29) is 5.91 Å². The van der Waals surface area contributed by atoms with Gasteiger partial charge < -0.3 is 14.9 Å². The summed E-state index contributed by atoms with van der Waals surface area (Å²) in [6.45, 7) is 3.72. The lowest BCUT2D eigenvalue weighted by molar-refractivity contribution is -0.118. The summed E-state index contributed by atoms with van der Waals surface area (Å²) in [6, 6.07) is 8.21. The van der Waals surface area contributed by atoms with Crippen LogP contribution in [0.2, 0.25) is 0 Å². The number of amides is 1. The maximum atomic E-state index is 12.1. The van der Waals surface area contributed by atoms with Crippen LogP contribution < -0.4 is 5.32 Å². The second-order valence-electron chi connectivity index (χ2n) is 6.26. The quantitative estimate of drug-likeness (QED) is 0.423. The third-order valence-corrected chi connectivity index (χ3v) is 5.29. The molecule has 7 heteroatoms. The highest BCUT2D eigenvalue weighted by Crippen LogP contribution is 2.18. The number of para-hydroxylation sites is 1. The van der Waals surface area contributed by atoms with Crippen LogP contribution in [-0.2, 0) is 17.8 Å². The molecule has 0 spiro atoms. The van der Waals surface area contributed by atoms with Crippen molar-refractivity contribution >= 4 is 28.6 Å². The highest BCUT2D eigenvalue weighted by molar-refractivity contribution is 7.99. The summed E-state index contributed by atoms with van der Waals surface area (Å²) in [4.78, 5) is 15.4. The molecule has 0 saturated carbocycles. The highest BCUT2D eigenvalue weighted by Gasteiger charge is 2.09. The lowest BCUT2D eigenvalue weighted by Crippen LogP contribution is -2.27. The molecule has 0 aliphatic heterocycles. The van der Waals surface area contributed by atoms with E-state index in [9.17, 15) is 4.79 Å². The smallest absolute Gasteiger partial charge is 0.230 e. The number of hydrogen-bond donors (Lipinski definition) is 2. The zero-order valence-electron chi connectivity index (χ0n) is 15.1. The van der Waals surface area contributed by atoms with Crippen molar-refractivity contribution in [2.45, 2.75) is 44.3 Å². The largest absolute Gasteiger partial charge is 0.361 e. The molecule has 3 aromatic rings. The number of unbranched alkanes of at least 4 members (excludes halogenated alkanes) is 2. The summed E-state index contributed by atoms with van der Waals surface area (Å²) in [6.07, 6.45) is 8.06. The monoisotopic (exact) mass is 371 g/mol. The minimum Gasteiger partial charge on any atom is -0.361 e. The van der Waals surface area contributed by atoms with E-state index in [0.717, 1.165) is 30.1 Å². The number of thioether (sulfide) groups is 1. The van der Waals surface area contributed by atoms with Gasteiger partial charge in [0.25, 0.3) is 0 Å². The highest BCUT2D eigenvalue weighted by atomic mass is 32.2. The first-order valence-corrected chi connectivity index (χ1v) is 10.1. The van der Waals surface area contributed by atoms with E-state index in [1.807, 2.05) is 22.9 Å². The SMILES string of the molecule is CCCCCn1cnnc1SCC(=O)NCCc1c[nH]c2ccccc12. The minimum atomic E-state index is 0.0259. The summed E-state index contributed by atoms with van der Waals surface area (Å²) < 4.78 is 2.03. The number of aryl methyl sites for hydroxylation is 1. The molecule has 0 bridgehead atoms. The van der Waals surface area contributed by atoms with Gasteiger partial charge in [0, 0.05) is 30.2 Å². The molecule has 0 radical (unpaired) electrons. The van der Waals surface area contributed by atoms with Crippen molar-refractivity contribution in [2.24, 2.45) is 0 Å². The van der Waals surface area contributed by atoms with Gasteiger partial charge in [-0.15, -0.1) is 10.2 Å². The van der Waals surface area contributed by atoms with Crippen LogP contribution in [0, 0.1) is 0 Å². The molecule has 0 unspecified atom stereocenters.